The maximum Gasteiger partial charge on any atom is 0.417 e. The van der Waals surface area contributed by atoms with Crippen LogP contribution in [0.5, 0.6) is 11.5 Å². The van der Waals surface area contributed by atoms with Gasteiger partial charge < -0.3 is 19.0 Å². The molecule has 15 nitrogen and oxygen atoms in total. The fourth-order valence-corrected chi connectivity index (χ4v) is 10.3. The lowest BCUT2D eigenvalue weighted by Gasteiger charge is -2.12. The number of fused-ring (bicyclic) bond motifs is 2. The van der Waals surface area contributed by atoms with E-state index in [1.165, 1.54) is 56.9 Å². The summed E-state index contributed by atoms with van der Waals surface area (Å²) in [4.78, 5) is 20.1. The molecule has 0 saturated carbocycles. The summed E-state index contributed by atoms with van der Waals surface area (Å²) in [5.74, 6) is -0.509. The Morgan fingerprint density at radius 1 is 0.693 bits per heavy atom. The molecule has 0 atom stereocenters. The van der Waals surface area contributed by atoms with Crippen LogP contribution in [0.2, 0.25) is 0 Å². The lowest BCUT2D eigenvalue weighted by atomic mass is 10.1. The minimum Gasteiger partial charge on any atom is -0.497 e. The van der Waals surface area contributed by atoms with Gasteiger partial charge in [-0.25, -0.2) is 28.7 Å². The van der Waals surface area contributed by atoms with Crippen LogP contribution in [-0.4, -0.2) is 78.8 Å². The number of aromatic nitrogens is 10. The van der Waals surface area contributed by atoms with E-state index < -0.39 is 39.4 Å². The lowest BCUT2D eigenvalue weighted by molar-refractivity contribution is -0.138. The molecule has 4 aromatic heterocycles. The van der Waals surface area contributed by atoms with E-state index in [0.29, 0.717) is 43.4 Å². The predicted octanol–water partition coefficient (Wildman–Crippen LogP) is 12.8. The number of ether oxygens (including phenoxy) is 2. The van der Waals surface area contributed by atoms with Gasteiger partial charge >= 0.3 is 12.4 Å². The van der Waals surface area contributed by atoms with Crippen LogP contribution in [0.3, 0.4) is 0 Å². The molecule has 0 radical (unpaired) electrons. The van der Waals surface area contributed by atoms with Crippen molar-refractivity contribution in [1.29, 1.82) is 0 Å². The highest BCUT2D eigenvalue weighted by Crippen LogP contribution is 2.43. The maximum atomic E-state index is 14.3. The van der Waals surface area contributed by atoms with Crippen molar-refractivity contribution in [3.8, 4) is 66.5 Å². The number of rotatable bonds is 11. The number of hydrogen-bond acceptors (Lipinski definition) is 15. The predicted molar refractivity (Wildman–Crippen MR) is 269 cm³/mol. The Morgan fingerprint density at radius 2 is 1.25 bits per heavy atom. The molecule has 8 aromatic rings. The van der Waals surface area contributed by atoms with Crippen LogP contribution < -0.4 is 9.47 Å². The fraction of sp³-hybridized carbons (Fsp3) is 0.149. The van der Waals surface area contributed by atoms with Crippen molar-refractivity contribution in [2.24, 2.45) is 0 Å². The van der Waals surface area contributed by atoms with E-state index in [1.807, 2.05) is 0 Å². The Labute approximate surface area is 444 Å². The molecular weight excluding hydrogens is 1190 g/mol. The molecule has 1 N–H and O–H groups in total. The summed E-state index contributed by atoms with van der Waals surface area (Å²) >= 11 is 8.75. The quantitative estimate of drug-likeness (QED) is 0.0953. The number of aromatic amines is 1. The van der Waals surface area contributed by atoms with Gasteiger partial charge in [0.25, 0.3) is 10.1 Å². The molecule has 2 aliphatic heterocycles. The summed E-state index contributed by atoms with van der Waals surface area (Å²) in [6, 6.07) is 20.1. The molecule has 0 amide bonds. The van der Waals surface area contributed by atoms with E-state index in [0.717, 1.165) is 56.6 Å². The molecule has 10 rings (SSSR count). The van der Waals surface area contributed by atoms with Crippen LogP contribution in [0.25, 0.3) is 66.1 Å². The number of benzene rings is 4. The SMILES string of the molecule is COc1ccc(-c2nnc(COS(C)(=O)=O)s2)c(C(F)(F)F)c1.COc1ccc(-c2nnc(Cn3cnc4c(Br)c(-c5ccccc5F)nc-4c3)s2)c(C(F)(F)F)c1.Fc1ccccc1-c1[nH]c2cncnc2c1Br. The van der Waals surface area contributed by atoms with Crippen molar-refractivity contribution in [3.63, 3.8) is 0 Å². The minimum absolute atomic E-state index is 0.00655. The van der Waals surface area contributed by atoms with Gasteiger partial charge in [0, 0.05) is 28.5 Å². The zero-order valence-corrected chi connectivity index (χ0v) is 44.0. The fourth-order valence-electron chi connectivity index (χ4n) is 6.96. The van der Waals surface area contributed by atoms with Gasteiger partial charge in [0.05, 0.1) is 76.5 Å². The third kappa shape index (κ3) is 12.8. The Hall–Kier alpha value is -6.85. The summed E-state index contributed by atoms with van der Waals surface area (Å²) in [5.41, 5.74) is 2.58. The van der Waals surface area contributed by atoms with E-state index in [-0.39, 0.29) is 56.6 Å². The van der Waals surface area contributed by atoms with Crippen LogP contribution in [0, 0.1) is 11.6 Å². The lowest BCUT2D eigenvalue weighted by Crippen LogP contribution is -2.07. The smallest absolute Gasteiger partial charge is 0.417 e. The first-order valence-electron chi connectivity index (χ1n) is 21.1. The Bertz CT molecular complexity index is 3740. The molecule has 0 unspecified atom stereocenters. The van der Waals surface area contributed by atoms with Gasteiger partial charge in [0.1, 0.15) is 73.0 Å². The largest absolute Gasteiger partial charge is 0.497 e. The number of nitrogens with zero attached hydrogens (tertiary/aromatic N) is 9. The molecule has 28 heteroatoms. The van der Waals surface area contributed by atoms with E-state index in [4.69, 9.17) is 9.47 Å². The van der Waals surface area contributed by atoms with E-state index >= 15 is 0 Å². The standard InChI is InChI=1S/C23H14BrF4N5OS.C12H7BrFN3.C12H11F3N2O4S2/c1-34-12-6-7-13(15(8-12)23(26,27)28)22-32-31-18(35-22)10-33-9-17-21(29-11-33)19(24)20(30-17)14-4-2-3-5-16(14)25;13-10-11(7-3-1-2-4-8(7)14)17-9-5-15-6-16-12(9)10;1-20-7-3-4-8(9(5-7)12(13,14)15)11-17-16-10(22-11)6-21-23(2,18)19/h2-9,11H,10H2,1H3;1-6,17H;3-5H,6H2,1-2H3. The van der Waals surface area contributed by atoms with Gasteiger partial charge in [-0.15, -0.1) is 20.4 Å². The zero-order valence-electron chi connectivity index (χ0n) is 38.4. The number of halogens is 10. The first-order chi connectivity index (χ1) is 35.6. The van der Waals surface area contributed by atoms with Crippen molar-refractivity contribution >= 4 is 75.7 Å². The van der Waals surface area contributed by atoms with Gasteiger partial charge in [0.15, 0.2) is 0 Å². The molecule has 0 saturated heterocycles. The highest BCUT2D eigenvalue weighted by atomic mass is 79.9. The number of alkyl halides is 6. The highest BCUT2D eigenvalue weighted by molar-refractivity contribution is 9.11. The molecule has 75 heavy (non-hydrogen) atoms. The second-order valence-corrected chi connectivity index (χ2v) is 20.8. The van der Waals surface area contributed by atoms with Crippen molar-refractivity contribution in [2.75, 3.05) is 20.5 Å². The van der Waals surface area contributed by atoms with Gasteiger partial charge in [-0.2, -0.15) is 34.8 Å². The van der Waals surface area contributed by atoms with E-state index in [2.05, 4.69) is 81.4 Å². The van der Waals surface area contributed by atoms with Gasteiger partial charge in [-0.3, -0.25) is 4.18 Å². The average molecular weight is 1220 g/mol. The summed E-state index contributed by atoms with van der Waals surface area (Å²) in [6.45, 7) is -0.161. The Morgan fingerprint density at radius 3 is 1.80 bits per heavy atom. The minimum atomic E-state index is -4.60. The summed E-state index contributed by atoms with van der Waals surface area (Å²) < 4.78 is 147. The van der Waals surface area contributed by atoms with Crippen LogP contribution in [0.15, 0.2) is 119 Å². The van der Waals surface area contributed by atoms with Crippen molar-refractivity contribution in [2.45, 2.75) is 25.5 Å². The molecule has 4 aromatic carbocycles. The topological polar surface area (TPSA) is 186 Å². The number of H-pyrrole nitrogens is 1. The number of nitrogens with one attached hydrogen (secondary N) is 1. The molecule has 0 aliphatic carbocycles. The van der Waals surface area contributed by atoms with Crippen LogP contribution >= 0.6 is 54.5 Å². The average Bonchev–Trinajstić information content (AvgIpc) is 4.19. The summed E-state index contributed by atoms with van der Waals surface area (Å²) in [7, 11) is -1.11. The first-order valence-corrected chi connectivity index (χ1v) is 26.1. The van der Waals surface area contributed by atoms with E-state index in [1.54, 1.807) is 59.7 Å². The molecular formula is C47H32Br2F8N10O5S3. The molecule has 2 aliphatic rings. The van der Waals surface area contributed by atoms with E-state index in [9.17, 15) is 43.5 Å². The molecule has 0 spiro atoms. The Balaban J connectivity index is 0.000000161. The van der Waals surface area contributed by atoms with Crippen molar-refractivity contribution in [1.82, 2.24) is 49.9 Å². The highest BCUT2D eigenvalue weighted by Gasteiger charge is 2.36. The van der Waals surface area contributed by atoms with Crippen LogP contribution in [0.4, 0.5) is 35.1 Å². The van der Waals surface area contributed by atoms with Crippen LogP contribution in [0.1, 0.15) is 21.1 Å². The number of methoxy groups -OCH3 is 2. The van der Waals surface area contributed by atoms with Crippen molar-refractivity contribution in [3.05, 3.63) is 152 Å². The molecule has 0 bridgehead atoms. The first kappa shape index (κ1) is 54.4. The summed E-state index contributed by atoms with van der Waals surface area (Å²) in [5, 5.41) is 16.1. The van der Waals surface area contributed by atoms with Gasteiger partial charge in [-0.05, 0) is 92.5 Å². The zero-order chi connectivity index (χ0) is 53.8. The van der Waals surface area contributed by atoms with Crippen molar-refractivity contribution < 1.29 is 57.2 Å². The molecule has 6 heterocycles. The van der Waals surface area contributed by atoms with Crippen LogP contribution in [-0.2, 0) is 39.8 Å². The summed E-state index contributed by atoms with van der Waals surface area (Å²) in [6.07, 6.45) is -1.92. The third-order valence-corrected chi connectivity index (χ3v) is 14.3. The third-order valence-electron chi connectivity index (χ3n) is 10.4. The molecule has 388 valence electrons. The second kappa shape index (κ2) is 22.6. The normalized spacial score (nSPS) is 11.8. The Kier molecular flexibility index (Phi) is 16.4. The number of hydrogen-bond donors (Lipinski definition) is 1. The second-order valence-electron chi connectivity index (χ2n) is 15.4. The monoisotopic (exact) mass is 1220 g/mol. The maximum absolute atomic E-state index is 14.3. The van der Waals surface area contributed by atoms with Gasteiger partial charge in [0.2, 0.25) is 0 Å². The van der Waals surface area contributed by atoms with Gasteiger partial charge in [-0.1, -0.05) is 46.9 Å². The molecule has 0 fully saturated rings.